The van der Waals surface area contributed by atoms with Gasteiger partial charge in [0.15, 0.2) is 0 Å². The van der Waals surface area contributed by atoms with Crippen LogP contribution >= 0.6 is 11.3 Å². The van der Waals surface area contributed by atoms with Gasteiger partial charge in [0.05, 0.1) is 23.7 Å². The number of aryl methyl sites for hydroxylation is 1. The van der Waals surface area contributed by atoms with Crippen LogP contribution in [0.4, 0.5) is 5.82 Å². The molecular weight excluding hydrogens is 352 g/mol. The smallest absolute Gasteiger partial charge is 0.271 e. The number of hydrogen-bond acceptors (Lipinski definition) is 8. The van der Waals surface area contributed by atoms with Crippen molar-refractivity contribution in [1.29, 1.82) is 0 Å². The Bertz CT molecular complexity index is 931. The van der Waals surface area contributed by atoms with Gasteiger partial charge in [0, 0.05) is 25.5 Å². The predicted molar refractivity (Wildman–Crippen MR) is 98.3 cm³/mol. The molecule has 0 aromatic carbocycles. The molecule has 2 N–H and O–H groups in total. The molecule has 9 heteroatoms. The van der Waals surface area contributed by atoms with Crippen LogP contribution in [0.1, 0.15) is 22.7 Å². The quantitative estimate of drug-likeness (QED) is 0.713. The molecule has 0 radical (unpaired) electrons. The Balaban J connectivity index is 1.48. The van der Waals surface area contributed by atoms with Crippen molar-refractivity contribution < 1.29 is 9.90 Å². The fraction of sp³-hybridized carbons (Fsp3) is 0.353. The number of carbonyl (C=O) groups is 1. The van der Waals surface area contributed by atoms with E-state index in [9.17, 15) is 9.90 Å². The Morgan fingerprint density at radius 3 is 3.04 bits per heavy atom. The largest absolute Gasteiger partial charge is 0.389 e. The minimum absolute atomic E-state index is 0.244. The lowest BCUT2D eigenvalue weighted by molar-refractivity contribution is 0.0793. The molecule has 26 heavy (non-hydrogen) atoms. The zero-order chi connectivity index (χ0) is 18.1. The number of thiophene rings is 1. The number of anilines is 1. The number of piperidine rings is 1. The van der Waals surface area contributed by atoms with Crippen molar-refractivity contribution in [1.82, 2.24) is 25.3 Å². The van der Waals surface area contributed by atoms with Crippen molar-refractivity contribution in [3.8, 4) is 0 Å². The first-order chi connectivity index (χ1) is 12.6. The topological polar surface area (TPSA) is 104 Å². The summed E-state index contributed by atoms with van der Waals surface area (Å²) in [4.78, 5) is 32.1. The molecule has 0 spiro atoms. The molecule has 3 aromatic heterocycles. The first-order valence-corrected chi connectivity index (χ1v) is 9.21. The lowest BCUT2D eigenvalue weighted by Crippen LogP contribution is -2.54. The van der Waals surface area contributed by atoms with Gasteiger partial charge in [-0.3, -0.25) is 9.78 Å². The fourth-order valence-corrected chi connectivity index (χ4v) is 3.94. The Morgan fingerprint density at radius 1 is 1.38 bits per heavy atom. The second-order valence-electron chi connectivity index (χ2n) is 6.21. The average molecular weight is 370 g/mol. The molecule has 1 aliphatic rings. The number of aliphatic hydroxyl groups is 1. The van der Waals surface area contributed by atoms with Gasteiger partial charge in [0.2, 0.25) is 0 Å². The Morgan fingerprint density at radius 2 is 2.27 bits per heavy atom. The normalized spacial score (nSPS) is 20.3. The predicted octanol–water partition coefficient (Wildman–Crippen LogP) is 1.16. The van der Waals surface area contributed by atoms with Crippen molar-refractivity contribution in [2.45, 2.75) is 25.5 Å². The summed E-state index contributed by atoms with van der Waals surface area (Å²) >= 11 is 1.58. The van der Waals surface area contributed by atoms with Gasteiger partial charge in [-0.05, 0) is 24.8 Å². The number of fused-ring (bicyclic) bond motifs is 1. The van der Waals surface area contributed by atoms with Gasteiger partial charge in [0.1, 0.15) is 22.2 Å². The third-order valence-electron chi connectivity index (χ3n) is 4.41. The number of nitrogens with one attached hydrogen (secondary N) is 1. The average Bonchev–Trinajstić information content (AvgIpc) is 3.11. The van der Waals surface area contributed by atoms with Crippen LogP contribution in [0.2, 0.25) is 0 Å². The molecule has 4 heterocycles. The van der Waals surface area contributed by atoms with E-state index < -0.39 is 6.10 Å². The molecule has 1 aliphatic heterocycles. The molecular formula is C17H18N6O2S. The first-order valence-electron chi connectivity index (χ1n) is 8.33. The maximum Gasteiger partial charge on any atom is 0.271 e. The van der Waals surface area contributed by atoms with Crippen LogP contribution in [0, 0.1) is 6.92 Å². The Hall–Kier alpha value is -2.65. The van der Waals surface area contributed by atoms with E-state index in [1.54, 1.807) is 11.3 Å². The van der Waals surface area contributed by atoms with Crippen LogP contribution in [-0.4, -0.2) is 56.2 Å². The molecule has 1 fully saturated rings. The van der Waals surface area contributed by atoms with E-state index in [0.29, 0.717) is 25.3 Å². The van der Waals surface area contributed by atoms with Gasteiger partial charge >= 0.3 is 0 Å². The van der Waals surface area contributed by atoms with Crippen LogP contribution < -0.4 is 10.2 Å². The molecule has 0 unspecified atom stereocenters. The summed E-state index contributed by atoms with van der Waals surface area (Å²) in [5, 5.41) is 16.4. The number of nitrogens with zero attached hydrogens (tertiary/aromatic N) is 5. The first kappa shape index (κ1) is 16.8. The minimum Gasteiger partial charge on any atom is -0.389 e. The number of amides is 1. The van der Waals surface area contributed by atoms with Crippen LogP contribution in [-0.2, 0) is 0 Å². The summed E-state index contributed by atoms with van der Waals surface area (Å²) < 4.78 is 0. The van der Waals surface area contributed by atoms with Crippen molar-refractivity contribution in [2.24, 2.45) is 0 Å². The summed E-state index contributed by atoms with van der Waals surface area (Å²) in [6.45, 7) is 2.95. The lowest BCUT2D eigenvalue weighted by atomic mass is 10.0. The van der Waals surface area contributed by atoms with Gasteiger partial charge in [-0.2, -0.15) is 0 Å². The molecule has 8 nitrogen and oxygen atoms in total. The number of β-amino-alcohol motifs (C(OH)–C–C–N with tert-alkyl or cyclic N) is 1. The Kier molecular flexibility index (Phi) is 4.48. The van der Waals surface area contributed by atoms with Gasteiger partial charge in [-0.15, -0.1) is 11.3 Å². The zero-order valence-corrected chi connectivity index (χ0v) is 15.0. The minimum atomic E-state index is -0.701. The van der Waals surface area contributed by atoms with Gasteiger partial charge in [-0.1, -0.05) is 0 Å². The monoisotopic (exact) mass is 370 g/mol. The summed E-state index contributed by atoms with van der Waals surface area (Å²) in [6.07, 6.45) is 4.31. The van der Waals surface area contributed by atoms with E-state index in [0.717, 1.165) is 16.0 Å². The van der Waals surface area contributed by atoms with Crippen molar-refractivity contribution in [3.63, 3.8) is 0 Å². The van der Waals surface area contributed by atoms with E-state index in [4.69, 9.17) is 0 Å². The highest BCUT2D eigenvalue weighted by Crippen LogP contribution is 2.29. The van der Waals surface area contributed by atoms with E-state index in [1.807, 2.05) is 18.4 Å². The molecule has 2 atom stereocenters. The summed E-state index contributed by atoms with van der Waals surface area (Å²) in [5.41, 5.74) is 0.244. The number of hydrogen-bond donors (Lipinski definition) is 2. The van der Waals surface area contributed by atoms with Gasteiger partial charge in [0.25, 0.3) is 5.91 Å². The maximum absolute atomic E-state index is 12.2. The summed E-state index contributed by atoms with van der Waals surface area (Å²) in [7, 11) is 0. The highest BCUT2D eigenvalue weighted by molar-refractivity contribution is 7.16. The molecule has 0 aliphatic carbocycles. The second-order valence-corrected chi connectivity index (χ2v) is 7.10. The molecule has 4 rings (SSSR count). The number of carbonyl (C=O) groups excluding carboxylic acids is 1. The highest BCUT2D eigenvalue weighted by Gasteiger charge is 2.31. The summed E-state index contributed by atoms with van der Waals surface area (Å²) in [5.74, 6) is 1.22. The number of rotatable bonds is 3. The van der Waals surface area contributed by atoms with Crippen molar-refractivity contribution >= 4 is 33.3 Å². The van der Waals surface area contributed by atoms with Crippen LogP contribution in [0.25, 0.3) is 10.2 Å². The Labute approximate surface area is 154 Å². The summed E-state index contributed by atoms with van der Waals surface area (Å²) in [6, 6.07) is 1.67. The molecule has 3 aromatic rings. The molecule has 0 bridgehead atoms. The van der Waals surface area contributed by atoms with Crippen molar-refractivity contribution in [3.05, 3.63) is 41.6 Å². The van der Waals surface area contributed by atoms with E-state index in [-0.39, 0.29) is 17.6 Å². The van der Waals surface area contributed by atoms with E-state index >= 15 is 0 Å². The SMILES string of the molecule is Cc1nc(N2CC[C@@H](NC(=O)c3cnccn3)[C@H](O)C2)c2ccsc2n1. The van der Waals surface area contributed by atoms with Gasteiger partial charge < -0.3 is 15.3 Å². The number of aliphatic hydroxyl groups excluding tert-OH is 1. The maximum atomic E-state index is 12.2. The van der Waals surface area contributed by atoms with Crippen molar-refractivity contribution in [2.75, 3.05) is 18.0 Å². The molecule has 1 saturated heterocycles. The molecule has 0 saturated carbocycles. The standard InChI is InChI=1S/C17H18N6O2S/c1-10-20-15(11-3-7-26-17(11)21-10)23-6-2-12(14(24)9-23)22-16(25)13-8-18-4-5-19-13/h3-5,7-8,12,14,24H,2,6,9H2,1H3,(H,22,25)/t12-,14-/m1/s1. The number of aromatic nitrogens is 4. The van der Waals surface area contributed by atoms with Crippen LogP contribution in [0.5, 0.6) is 0 Å². The van der Waals surface area contributed by atoms with E-state index in [1.165, 1.54) is 18.6 Å². The lowest BCUT2D eigenvalue weighted by Gasteiger charge is -2.37. The zero-order valence-electron chi connectivity index (χ0n) is 14.2. The second kappa shape index (κ2) is 6.93. The third kappa shape index (κ3) is 3.23. The molecule has 1 amide bonds. The fourth-order valence-electron chi connectivity index (χ4n) is 3.14. The molecule has 134 valence electrons. The van der Waals surface area contributed by atoms with Crippen LogP contribution in [0.3, 0.4) is 0 Å². The van der Waals surface area contributed by atoms with Crippen LogP contribution in [0.15, 0.2) is 30.0 Å². The third-order valence-corrected chi connectivity index (χ3v) is 5.22. The van der Waals surface area contributed by atoms with Gasteiger partial charge in [-0.25, -0.2) is 15.0 Å². The highest BCUT2D eigenvalue weighted by atomic mass is 32.1. The van der Waals surface area contributed by atoms with E-state index in [2.05, 4.69) is 30.2 Å².